The van der Waals surface area contributed by atoms with Gasteiger partial charge in [0.2, 0.25) is 15.9 Å². The Hall–Kier alpha value is -2.19. The molecular weight excluding hydrogens is 378 g/mol. The van der Waals surface area contributed by atoms with Crippen LogP contribution in [0.5, 0.6) is 0 Å². The van der Waals surface area contributed by atoms with Gasteiger partial charge >= 0.3 is 0 Å². The molecule has 1 aliphatic rings. The van der Waals surface area contributed by atoms with Crippen LogP contribution in [0.2, 0.25) is 0 Å². The summed E-state index contributed by atoms with van der Waals surface area (Å²) in [6.45, 7) is 6.50. The standard InChI is InChI=1S/C20H27N3O4S/c1-14(17-7-5-4-6-8-17)13-21-20(24)18-9-11-23(12-10-18)28(25,26)19-15(2)22-27-16(19)3/h4-8,14,18H,9-13H2,1-3H3,(H,21,24)/t14-/m0/s1. The van der Waals surface area contributed by atoms with E-state index in [9.17, 15) is 13.2 Å². The lowest BCUT2D eigenvalue weighted by Gasteiger charge is -2.30. The van der Waals surface area contributed by atoms with E-state index in [1.165, 1.54) is 9.87 Å². The molecule has 0 spiro atoms. The largest absolute Gasteiger partial charge is 0.360 e. The van der Waals surface area contributed by atoms with Gasteiger partial charge < -0.3 is 9.84 Å². The van der Waals surface area contributed by atoms with Gasteiger partial charge in [-0.1, -0.05) is 42.4 Å². The normalized spacial score (nSPS) is 17.4. The Kier molecular flexibility index (Phi) is 6.20. The summed E-state index contributed by atoms with van der Waals surface area (Å²) in [6, 6.07) is 10.1. The van der Waals surface area contributed by atoms with Gasteiger partial charge in [0.1, 0.15) is 10.6 Å². The van der Waals surface area contributed by atoms with Gasteiger partial charge in [-0.15, -0.1) is 0 Å². The Morgan fingerprint density at radius 3 is 2.46 bits per heavy atom. The minimum Gasteiger partial charge on any atom is -0.360 e. The molecule has 152 valence electrons. The van der Waals surface area contributed by atoms with E-state index in [0.29, 0.717) is 43.9 Å². The monoisotopic (exact) mass is 405 g/mol. The van der Waals surface area contributed by atoms with Crippen molar-refractivity contribution in [1.82, 2.24) is 14.8 Å². The van der Waals surface area contributed by atoms with Crippen LogP contribution in [0.15, 0.2) is 39.8 Å². The van der Waals surface area contributed by atoms with Crippen molar-refractivity contribution >= 4 is 15.9 Å². The van der Waals surface area contributed by atoms with Gasteiger partial charge in [0.15, 0.2) is 5.76 Å². The molecule has 0 aliphatic carbocycles. The highest BCUT2D eigenvalue weighted by Gasteiger charge is 2.35. The highest BCUT2D eigenvalue weighted by atomic mass is 32.2. The Bertz CT molecular complexity index is 897. The van der Waals surface area contributed by atoms with Crippen LogP contribution in [0.4, 0.5) is 0 Å². The predicted molar refractivity (Wildman–Crippen MR) is 105 cm³/mol. The fourth-order valence-electron chi connectivity index (χ4n) is 3.63. The molecule has 1 saturated heterocycles. The third-order valence-electron chi connectivity index (χ3n) is 5.34. The van der Waals surface area contributed by atoms with Crippen molar-refractivity contribution in [2.75, 3.05) is 19.6 Å². The molecule has 1 amide bonds. The summed E-state index contributed by atoms with van der Waals surface area (Å²) in [5.41, 5.74) is 1.55. The maximum Gasteiger partial charge on any atom is 0.248 e. The molecule has 1 aliphatic heterocycles. The molecule has 7 nitrogen and oxygen atoms in total. The lowest BCUT2D eigenvalue weighted by Crippen LogP contribution is -2.43. The second-order valence-corrected chi connectivity index (χ2v) is 9.26. The predicted octanol–water partition coefficient (Wildman–Crippen LogP) is 2.61. The molecule has 2 aromatic rings. The third-order valence-corrected chi connectivity index (χ3v) is 7.49. The highest BCUT2D eigenvalue weighted by Crippen LogP contribution is 2.27. The van der Waals surface area contributed by atoms with Crippen molar-refractivity contribution in [3.05, 3.63) is 47.3 Å². The van der Waals surface area contributed by atoms with Crippen LogP contribution in [0.25, 0.3) is 0 Å². The maximum absolute atomic E-state index is 12.9. The van der Waals surface area contributed by atoms with Crippen molar-refractivity contribution in [2.24, 2.45) is 5.92 Å². The topological polar surface area (TPSA) is 92.5 Å². The van der Waals surface area contributed by atoms with Crippen molar-refractivity contribution in [3.63, 3.8) is 0 Å². The Morgan fingerprint density at radius 2 is 1.89 bits per heavy atom. The number of piperidine rings is 1. The quantitative estimate of drug-likeness (QED) is 0.797. The molecule has 1 aromatic carbocycles. The molecule has 0 radical (unpaired) electrons. The second kappa shape index (κ2) is 8.45. The number of rotatable bonds is 6. The molecule has 28 heavy (non-hydrogen) atoms. The molecule has 2 heterocycles. The van der Waals surface area contributed by atoms with E-state index in [1.807, 2.05) is 18.2 Å². The first-order valence-electron chi connectivity index (χ1n) is 9.56. The van der Waals surface area contributed by atoms with E-state index in [-0.39, 0.29) is 22.6 Å². The lowest BCUT2D eigenvalue weighted by atomic mass is 9.96. The molecule has 1 atom stereocenters. The van der Waals surface area contributed by atoms with E-state index in [4.69, 9.17) is 4.52 Å². The van der Waals surface area contributed by atoms with Gasteiger partial charge in [0.05, 0.1) is 0 Å². The van der Waals surface area contributed by atoms with Crippen molar-refractivity contribution in [2.45, 2.75) is 44.4 Å². The van der Waals surface area contributed by atoms with Crippen molar-refractivity contribution in [3.8, 4) is 0 Å². The fourth-order valence-corrected chi connectivity index (χ4v) is 5.39. The van der Waals surface area contributed by atoms with Crippen LogP contribution in [0, 0.1) is 19.8 Å². The molecule has 1 aromatic heterocycles. The number of amides is 1. The summed E-state index contributed by atoms with van der Waals surface area (Å²) in [5.74, 6) is 0.355. The summed E-state index contributed by atoms with van der Waals surface area (Å²) >= 11 is 0. The van der Waals surface area contributed by atoms with Gasteiger partial charge in [0, 0.05) is 25.6 Å². The first-order chi connectivity index (χ1) is 13.3. The zero-order valence-electron chi connectivity index (χ0n) is 16.5. The number of hydrogen-bond donors (Lipinski definition) is 1. The van der Waals surface area contributed by atoms with E-state index in [2.05, 4.69) is 29.5 Å². The number of benzene rings is 1. The Balaban J connectivity index is 1.54. The number of sulfonamides is 1. The average molecular weight is 406 g/mol. The number of nitrogens with one attached hydrogen (secondary N) is 1. The van der Waals surface area contributed by atoms with Crippen LogP contribution >= 0.6 is 0 Å². The molecule has 1 fully saturated rings. The number of carbonyl (C=O) groups is 1. The van der Waals surface area contributed by atoms with Crippen molar-refractivity contribution in [1.29, 1.82) is 0 Å². The van der Waals surface area contributed by atoms with Crippen molar-refractivity contribution < 1.29 is 17.7 Å². The first-order valence-corrected chi connectivity index (χ1v) is 11.0. The highest BCUT2D eigenvalue weighted by molar-refractivity contribution is 7.89. The van der Waals surface area contributed by atoms with Gasteiger partial charge in [-0.05, 0) is 38.2 Å². The lowest BCUT2D eigenvalue weighted by molar-refractivity contribution is -0.126. The average Bonchev–Trinajstić information content (AvgIpc) is 3.05. The second-order valence-electron chi connectivity index (χ2n) is 7.39. The fraction of sp³-hybridized carbons (Fsp3) is 0.500. The minimum atomic E-state index is -3.65. The summed E-state index contributed by atoms with van der Waals surface area (Å²) in [7, 11) is -3.65. The summed E-state index contributed by atoms with van der Waals surface area (Å²) < 4.78 is 32.2. The van der Waals surface area contributed by atoms with Gasteiger partial charge in [-0.2, -0.15) is 4.31 Å². The summed E-state index contributed by atoms with van der Waals surface area (Å²) in [6.07, 6.45) is 1.02. The molecule has 0 saturated carbocycles. The molecule has 8 heteroatoms. The number of aryl methyl sites for hydroxylation is 2. The van der Waals surface area contributed by atoms with E-state index in [1.54, 1.807) is 13.8 Å². The molecule has 0 bridgehead atoms. The smallest absolute Gasteiger partial charge is 0.248 e. The molecule has 1 N–H and O–H groups in total. The van der Waals surface area contributed by atoms with Crippen LogP contribution in [-0.4, -0.2) is 43.4 Å². The molecule has 0 unspecified atom stereocenters. The summed E-state index contributed by atoms with van der Waals surface area (Å²) in [5, 5.41) is 6.76. The molecular formula is C20H27N3O4S. The van der Waals surface area contributed by atoms with Crippen LogP contribution < -0.4 is 5.32 Å². The van der Waals surface area contributed by atoms with Crippen LogP contribution in [-0.2, 0) is 14.8 Å². The number of aromatic nitrogens is 1. The third kappa shape index (κ3) is 4.28. The SMILES string of the molecule is Cc1noc(C)c1S(=O)(=O)N1CCC(C(=O)NC[C@H](C)c2ccccc2)CC1. The van der Waals surface area contributed by atoms with E-state index >= 15 is 0 Å². The maximum atomic E-state index is 12.9. The van der Waals surface area contributed by atoms with Crippen LogP contribution in [0.3, 0.4) is 0 Å². The van der Waals surface area contributed by atoms with Crippen LogP contribution in [0.1, 0.15) is 42.7 Å². The minimum absolute atomic E-state index is 0.00262. The summed E-state index contributed by atoms with van der Waals surface area (Å²) in [4.78, 5) is 12.7. The zero-order chi connectivity index (χ0) is 20.3. The Morgan fingerprint density at radius 1 is 1.25 bits per heavy atom. The van der Waals surface area contributed by atoms with Gasteiger partial charge in [0.25, 0.3) is 0 Å². The number of nitrogens with zero attached hydrogens (tertiary/aromatic N) is 2. The van der Waals surface area contributed by atoms with E-state index < -0.39 is 10.0 Å². The molecule has 3 rings (SSSR count). The van der Waals surface area contributed by atoms with E-state index in [0.717, 1.165) is 0 Å². The first kappa shape index (κ1) is 20.5. The van der Waals surface area contributed by atoms with Gasteiger partial charge in [-0.25, -0.2) is 8.42 Å². The van der Waals surface area contributed by atoms with Gasteiger partial charge in [-0.3, -0.25) is 4.79 Å². The number of carbonyl (C=O) groups excluding carboxylic acids is 1. The zero-order valence-corrected chi connectivity index (χ0v) is 17.3. The Labute approximate surface area is 166 Å². The number of hydrogen-bond acceptors (Lipinski definition) is 5.